The van der Waals surface area contributed by atoms with Crippen molar-refractivity contribution in [1.29, 1.82) is 0 Å². The predicted octanol–water partition coefficient (Wildman–Crippen LogP) is 3.84. The van der Waals surface area contributed by atoms with E-state index in [0.717, 1.165) is 49.0 Å². The number of carbonyl (C=O) groups is 1. The molecule has 0 atom stereocenters. The van der Waals surface area contributed by atoms with Crippen molar-refractivity contribution in [2.75, 3.05) is 27.3 Å². The van der Waals surface area contributed by atoms with Gasteiger partial charge in [-0.3, -0.25) is 9.69 Å². The SMILES string of the molecule is COc1ccc(CN2CCC(NC(=O)c3occ4cccc(OC)c34)CC2)cc1. The number of benzene rings is 2. The molecule has 6 heteroatoms. The van der Waals surface area contributed by atoms with Crippen LogP contribution in [0.4, 0.5) is 0 Å². The number of amides is 1. The van der Waals surface area contributed by atoms with Crippen LogP contribution in [0.25, 0.3) is 10.8 Å². The number of carbonyl (C=O) groups excluding carboxylic acids is 1. The minimum atomic E-state index is -0.182. The Morgan fingerprint density at radius 2 is 1.86 bits per heavy atom. The molecule has 1 aromatic heterocycles. The Kier molecular flexibility index (Phi) is 5.71. The van der Waals surface area contributed by atoms with E-state index in [4.69, 9.17) is 13.9 Å². The fourth-order valence-electron chi connectivity index (χ4n) is 3.88. The van der Waals surface area contributed by atoms with Crippen molar-refractivity contribution in [1.82, 2.24) is 10.2 Å². The molecule has 1 saturated heterocycles. The maximum Gasteiger partial charge on any atom is 0.288 e. The van der Waals surface area contributed by atoms with Gasteiger partial charge in [-0.05, 0) is 36.6 Å². The monoisotopic (exact) mass is 394 g/mol. The second-order valence-electron chi connectivity index (χ2n) is 7.36. The van der Waals surface area contributed by atoms with Gasteiger partial charge in [-0.15, -0.1) is 0 Å². The zero-order valence-electron chi connectivity index (χ0n) is 16.8. The third-order valence-corrected chi connectivity index (χ3v) is 5.50. The molecule has 0 aliphatic carbocycles. The number of nitrogens with zero attached hydrogens (tertiary/aromatic N) is 1. The van der Waals surface area contributed by atoms with E-state index in [1.807, 2.05) is 30.3 Å². The van der Waals surface area contributed by atoms with Crippen LogP contribution in [0.3, 0.4) is 0 Å². The highest BCUT2D eigenvalue weighted by Gasteiger charge is 2.24. The molecule has 0 bridgehead atoms. The fourth-order valence-corrected chi connectivity index (χ4v) is 3.88. The van der Waals surface area contributed by atoms with Gasteiger partial charge in [-0.25, -0.2) is 0 Å². The molecule has 6 nitrogen and oxygen atoms in total. The zero-order valence-corrected chi connectivity index (χ0v) is 16.8. The molecule has 0 saturated carbocycles. The van der Waals surface area contributed by atoms with Gasteiger partial charge in [0, 0.05) is 31.1 Å². The van der Waals surface area contributed by atoms with Crippen molar-refractivity contribution < 1.29 is 18.7 Å². The molecule has 1 aliphatic rings. The van der Waals surface area contributed by atoms with E-state index < -0.39 is 0 Å². The summed E-state index contributed by atoms with van der Waals surface area (Å²) in [6.45, 7) is 2.79. The number of rotatable bonds is 6. The average Bonchev–Trinajstić information content (AvgIpc) is 3.20. The molecule has 29 heavy (non-hydrogen) atoms. The lowest BCUT2D eigenvalue weighted by atomic mass is 10.0. The van der Waals surface area contributed by atoms with Gasteiger partial charge < -0.3 is 19.2 Å². The van der Waals surface area contributed by atoms with Crippen LogP contribution in [0.2, 0.25) is 0 Å². The van der Waals surface area contributed by atoms with Gasteiger partial charge in [0.15, 0.2) is 0 Å². The molecule has 2 aromatic carbocycles. The van der Waals surface area contributed by atoms with Crippen LogP contribution in [-0.2, 0) is 6.54 Å². The first kappa shape index (κ1) is 19.3. The molecule has 4 rings (SSSR count). The van der Waals surface area contributed by atoms with E-state index in [9.17, 15) is 4.79 Å². The normalized spacial score (nSPS) is 15.4. The summed E-state index contributed by atoms with van der Waals surface area (Å²) in [4.78, 5) is 15.2. The number of piperidine rings is 1. The quantitative estimate of drug-likeness (QED) is 0.688. The van der Waals surface area contributed by atoms with E-state index in [1.165, 1.54) is 5.56 Å². The lowest BCUT2D eigenvalue weighted by Crippen LogP contribution is -2.44. The molecule has 1 amide bonds. The molecular formula is C23H26N2O4. The van der Waals surface area contributed by atoms with E-state index >= 15 is 0 Å². The first-order valence-corrected chi connectivity index (χ1v) is 9.88. The fraction of sp³-hybridized carbons (Fsp3) is 0.348. The molecule has 152 valence electrons. The van der Waals surface area contributed by atoms with Crippen molar-refractivity contribution >= 4 is 16.7 Å². The Labute approximate surface area is 170 Å². The van der Waals surface area contributed by atoms with Crippen molar-refractivity contribution in [3.8, 4) is 11.5 Å². The molecule has 1 aliphatic heterocycles. The van der Waals surface area contributed by atoms with Crippen LogP contribution in [0.5, 0.6) is 11.5 Å². The van der Waals surface area contributed by atoms with Crippen LogP contribution in [0.15, 0.2) is 53.1 Å². The topological polar surface area (TPSA) is 63.9 Å². The van der Waals surface area contributed by atoms with E-state index in [2.05, 4.69) is 22.3 Å². The zero-order chi connectivity index (χ0) is 20.2. The summed E-state index contributed by atoms with van der Waals surface area (Å²) in [7, 11) is 3.28. The Morgan fingerprint density at radius 1 is 1.10 bits per heavy atom. The van der Waals surface area contributed by atoms with Crippen molar-refractivity contribution in [2.45, 2.75) is 25.4 Å². The predicted molar refractivity (Wildman–Crippen MR) is 112 cm³/mol. The third-order valence-electron chi connectivity index (χ3n) is 5.50. The van der Waals surface area contributed by atoms with Gasteiger partial charge in [0.1, 0.15) is 11.5 Å². The second kappa shape index (κ2) is 8.57. The van der Waals surface area contributed by atoms with Crippen LogP contribution in [0, 0.1) is 0 Å². The lowest BCUT2D eigenvalue weighted by molar-refractivity contribution is 0.0883. The number of methoxy groups -OCH3 is 2. The number of furan rings is 1. The maximum absolute atomic E-state index is 12.8. The molecule has 0 spiro atoms. The first-order valence-electron chi connectivity index (χ1n) is 9.88. The number of fused-ring (bicyclic) bond motifs is 1. The summed E-state index contributed by atoms with van der Waals surface area (Å²) in [5.74, 6) is 1.66. The highest BCUT2D eigenvalue weighted by atomic mass is 16.5. The largest absolute Gasteiger partial charge is 0.497 e. The van der Waals surface area contributed by atoms with Crippen LogP contribution < -0.4 is 14.8 Å². The Bertz CT molecular complexity index is 972. The number of hydrogen-bond donors (Lipinski definition) is 1. The molecule has 3 aromatic rings. The number of likely N-dealkylation sites (tertiary alicyclic amines) is 1. The number of nitrogens with one attached hydrogen (secondary N) is 1. The highest BCUT2D eigenvalue weighted by Crippen LogP contribution is 2.30. The van der Waals surface area contributed by atoms with E-state index in [0.29, 0.717) is 11.5 Å². The number of ether oxygens (including phenoxy) is 2. The van der Waals surface area contributed by atoms with E-state index in [-0.39, 0.29) is 11.9 Å². The molecule has 1 fully saturated rings. The van der Waals surface area contributed by atoms with Gasteiger partial charge in [-0.1, -0.05) is 24.3 Å². The summed E-state index contributed by atoms with van der Waals surface area (Å²) in [5.41, 5.74) is 1.27. The number of hydrogen-bond acceptors (Lipinski definition) is 5. The molecular weight excluding hydrogens is 368 g/mol. The van der Waals surface area contributed by atoms with Gasteiger partial charge in [0.05, 0.1) is 25.9 Å². The Hall–Kier alpha value is -2.99. The standard InChI is InChI=1S/C23H26N2O4/c1-27-19-8-6-16(7-9-19)14-25-12-10-18(11-13-25)24-23(26)22-21-17(15-29-22)4-3-5-20(21)28-2/h3-9,15,18H,10-14H2,1-2H3,(H,24,26). The first-order chi connectivity index (χ1) is 14.2. The summed E-state index contributed by atoms with van der Waals surface area (Å²) in [6.07, 6.45) is 3.43. The summed E-state index contributed by atoms with van der Waals surface area (Å²) in [6, 6.07) is 14.0. The third kappa shape index (κ3) is 4.22. The van der Waals surface area contributed by atoms with Gasteiger partial charge in [-0.2, -0.15) is 0 Å². The Balaban J connectivity index is 1.34. The van der Waals surface area contributed by atoms with Crippen LogP contribution in [-0.4, -0.2) is 44.2 Å². The van der Waals surface area contributed by atoms with Gasteiger partial charge >= 0.3 is 0 Å². The maximum atomic E-state index is 12.8. The molecule has 0 radical (unpaired) electrons. The highest BCUT2D eigenvalue weighted by molar-refractivity contribution is 6.07. The summed E-state index contributed by atoms with van der Waals surface area (Å²) in [5, 5.41) is 4.72. The van der Waals surface area contributed by atoms with Crippen LogP contribution in [0.1, 0.15) is 29.0 Å². The van der Waals surface area contributed by atoms with Crippen LogP contribution >= 0.6 is 0 Å². The van der Waals surface area contributed by atoms with Gasteiger partial charge in [0.2, 0.25) is 5.76 Å². The molecule has 0 unspecified atom stereocenters. The average molecular weight is 394 g/mol. The van der Waals surface area contributed by atoms with E-state index in [1.54, 1.807) is 20.5 Å². The summed E-state index contributed by atoms with van der Waals surface area (Å²) >= 11 is 0. The van der Waals surface area contributed by atoms with Crippen molar-refractivity contribution in [3.63, 3.8) is 0 Å². The van der Waals surface area contributed by atoms with Crippen molar-refractivity contribution in [2.24, 2.45) is 0 Å². The Morgan fingerprint density at radius 3 is 2.55 bits per heavy atom. The summed E-state index contributed by atoms with van der Waals surface area (Å²) < 4.78 is 16.2. The van der Waals surface area contributed by atoms with Crippen molar-refractivity contribution in [3.05, 3.63) is 60.1 Å². The smallest absolute Gasteiger partial charge is 0.288 e. The minimum absolute atomic E-state index is 0.143. The second-order valence-corrected chi connectivity index (χ2v) is 7.36. The minimum Gasteiger partial charge on any atom is -0.497 e. The van der Waals surface area contributed by atoms with Gasteiger partial charge in [0.25, 0.3) is 5.91 Å². The lowest BCUT2D eigenvalue weighted by Gasteiger charge is -2.32. The molecule has 2 heterocycles. The molecule has 1 N–H and O–H groups in total.